The van der Waals surface area contributed by atoms with Gasteiger partial charge in [-0.05, 0) is 25.5 Å². The Kier molecular flexibility index (Phi) is 3.50. The lowest BCUT2D eigenvalue weighted by Gasteiger charge is -2.16. The van der Waals surface area contributed by atoms with Crippen LogP contribution < -0.4 is 4.74 Å². The zero-order valence-electron chi connectivity index (χ0n) is 8.86. The Bertz CT molecular complexity index is 382. The zero-order chi connectivity index (χ0) is 11.4. The van der Waals surface area contributed by atoms with Crippen LogP contribution in [-0.4, -0.2) is 17.5 Å². The van der Waals surface area contributed by atoms with E-state index in [1.165, 1.54) is 0 Å². The lowest BCUT2D eigenvalue weighted by Crippen LogP contribution is -2.15. The first-order valence-electron chi connectivity index (χ1n) is 4.65. The Morgan fingerprint density at radius 2 is 2.27 bits per heavy atom. The average molecular weight is 206 g/mol. The molecule has 1 N–H and O–H groups in total. The van der Waals surface area contributed by atoms with Gasteiger partial charge in [0.25, 0.3) is 0 Å². The van der Waals surface area contributed by atoms with Gasteiger partial charge < -0.3 is 9.84 Å². The Balaban J connectivity index is 3.02. The van der Waals surface area contributed by atoms with Crippen molar-refractivity contribution in [3.8, 4) is 5.75 Å². The summed E-state index contributed by atoms with van der Waals surface area (Å²) in [6.07, 6.45) is 0.208. The summed E-state index contributed by atoms with van der Waals surface area (Å²) in [6.45, 7) is 6.89. The molecule has 3 nitrogen and oxygen atoms in total. The van der Waals surface area contributed by atoms with Gasteiger partial charge in [0.15, 0.2) is 12.4 Å². The van der Waals surface area contributed by atoms with Crippen molar-refractivity contribution in [2.75, 3.05) is 0 Å². The SMILES string of the molecule is C=C(O)C(C)Oc1c(C)cccc1C=O. The highest BCUT2D eigenvalue weighted by molar-refractivity contribution is 5.80. The number of carbonyl (C=O) groups excluding carboxylic acids is 1. The maximum atomic E-state index is 10.8. The highest BCUT2D eigenvalue weighted by Gasteiger charge is 2.12. The van der Waals surface area contributed by atoms with Gasteiger partial charge in [-0.1, -0.05) is 18.7 Å². The molecule has 0 aliphatic carbocycles. The highest BCUT2D eigenvalue weighted by Crippen LogP contribution is 2.23. The van der Waals surface area contributed by atoms with Crippen LogP contribution in [0.15, 0.2) is 30.5 Å². The normalized spacial score (nSPS) is 11.9. The molecule has 0 aliphatic heterocycles. The second-order valence-electron chi connectivity index (χ2n) is 3.36. The molecule has 0 bridgehead atoms. The number of hydrogen-bond donors (Lipinski definition) is 1. The molecule has 1 rings (SSSR count). The molecule has 80 valence electrons. The van der Waals surface area contributed by atoms with Crippen LogP contribution in [0.2, 0.25) is 0 Å². The van der Waals surface area contributed by atoms with Crippen LogP contribution in [0.1, 0.15) is 22.8 Å². The van der Waals surface area contributed by atoms with Gasteiger partial charge in [-0.15, -0.1) is 0 Å². The molecular weight excluding hydrogens is 192 g/mol. The van der Waals surface area contributed by atoms with Crippen LogP contribution in [0, 0.1) is 6.92 Å². The van der Waals surface area contributed by atoms with E-state index in [4.69, 9.17) is 9.84 Å². The summed E-state index contributed by atoms with van der Waals surface area (Å²) >= 11 is 0. The van der Waals surface area contributed by atoms with E-state index in [2.05, 4.69) is 6.58 Å². The quantitative estimate of drug-likeness (QED) is 0.608. The molecule has 1 unspecified atom stereocenters. The summed E-state index contributed by atoms with van der Waals surface area (Å²) in [6, 6.07) is 5.29. The molecule has 1 aromatic rings. The third kappa shape index (κ3) is 2.59. The van der Waals surface area contributed by atoms with Gasteiger partial charge in [-0.3, -0.25) is 4.79 Å². The van der Waals surface area contributed by atoms with Crippen LogP contribution in [0.25, 0.3) is 0 Å². The molecule has 0 heterocycles. The fraction of sp³-hybridized carbons (Fsp3) is 0.250. The molecule has 15 heavy (non-hydrogen) atoms. The van der Waals surface area contributed by atoms with E-state index in [1.54, 1.807) is 19.1 Å². The van der Waals surface area contributed by atoms with Crippen molar-refractivity contribution in [1.82, 2.24) is 0 Å². The highest BCUT2D eigenvalue weighted by atomic mass is 16.5. The second kappa shape index (κ2) is 4.64. The van der Waals surface area contributed by atoms with Crippen LogP contribution >= 0.6 is 0 Å². The summed E-state index contributed by atoms with van der Waals surface area (Å²) in [5, 5.41) is 9.13. The summed E-state index contributed by atoms with van der Waals surface area (Å²) in [4.78, 5) is 10.8. The van der Waals surface area contributed by atoms with E-state index in [9.17, 15) is 4.79 Å². The number of carbonyl (C=O) groups is 1. The third-order valence-electron chi connectivity index (χ3n) is 2.13. The Morgan fingerprint density at radius 1 is 1.60 bits per heavy atom. The number of para-hydroxylation sites is 1. The van der Waals surface area contributed by atoms with Gasteiger partial charge >= 0.3 is 0 Å². The largest absolute Gasteiger partial charge is 0.509 e. The number of ether oxygens (including phenoxy) is 1. The standard InChI is InChI=1S/C12H14O3/c1-8-5-4-6-11(7-13)12(8)15-10(3)9(2)14/h4-7,10,14H,2H2,1,3H3. The van der Waals surface area contributed by atoms with Gasteiger partial charge in [-0.2, -0.15) is 0 Å². The molecule has 0 amide bonds. The molecular formula is C12H14O3. The van der Waals surface area contributed by atoms with Gasteiger partial charge in [0.1, 0.15) is 11.5 Å². The van der Waals surface area contributed by atoms with Gasteiger partial charge in [-0.25, -0.2) is 0 Å². The fourth-order valence-electron chi connectivity index (χ4n) is 1.17. The molecule has 0 fully saturated rings. The van der Waals surface area contributed by atoms with E-state index in [1.807, 2.05) is 13.0 Å². The molecule has 0 aliphatic rings. The van der Waals surface area contributed by atoms with E-state index in [0.717, 1.165) is 11.8 Å². The van der Waals surface area contributed by atoms with Crippen molar-refractivity contribution < 1.29 is 14.6 Å². The first kappa shape index (κ1) is 11.3. The minimum atomic E-state index is -0.523. The van der Waals surface area contributed by atoms with Crippen LogP contribution in [0.5, 0.6) is 5.75 Å². The number of aldehydes is 1. The van der Waals surface area contributed by atoms with Crippen LogP contribution in [0.4, 0.5) is 0 Å². The molecule has 0 radical (unpaired) electrons. The predicted octanol–water partition coefficient (Wildman–Crippen LogP) is 2.65. The third-order valence-corrected chi connectivity index (χ3v) is 2.13. The lowest BCUT2D eigenvalue weighted by atomic mass is 10.1. The smallest absolute Gasteiger partial charge is 0.153 e. The monoisotopic (exact) mass is 206 g/mol. The molecule has 1 atom stereocenters. The van der Waals surface area contributed by atoms with Crippen LogP contribution in [-0.2, 0) is 0 Å². The minimum Gasteiger partial charge on any atom is -0.509 e. The number of rotatable bonds is 4. The topological polar surface area (TPSA) is 46.5 Å². The zero-order valence-corrected chi connectivity index (χ0v) is 8.86. The number of hydrogen-bond acceptors (Lipinski definition) is 3. The number of aryl methyl sites for hydroxylation is 1. The van der Waals surface area contributed by atoms with Gasteiger partial charge in [0.2, 0.25) is 0 Å². The van der Waals surface area contributed by atoms with Crippen molar-refractivity contribution in [3.05, 3.63) is 41.7 Å². The maximum absolute atomic E-state index is 10.8. The van der Waals surface area contributed by atoms with Crippen LogP contribution in [0.3, 0.4) is 0 Å². The number of benzene rings is 1. The van der Waals surface area contributed by atoms with E-state index in [0.29, 0.717) is 11.3 Å². The molecule has 1 aromatic carbocycles. The van der Waals surface area contributed by atoms with E-state index >= 15 is 0 Å². The molecule has 3 heteroatoms. The summed E-state index contributed by atoms with van der Waals surface area (Å²) in [7, 11) is 0. The first-order chi connectivity index (χ1) is 7.06. The van der Waals surface area contributed by atoms with Gasteiger partial charge in [0.05, 0.1) is 5.56 Å². The van der Waals surface area contributed by atoms with Crippen molar-refractivity contribution in [2.45, 2.75) is 20.0 Å². The van der Waals surface area contributed by atoms with E-state index < -0.39 is 6.10 Å². The summed E-state index contributed by atoms with van der Waals surface area (Å²) in [5.74, 6) is 0.435. The maximum Gasteiger partial charge on any atom is 0.153 e. The molecule has 0 spiro atoms. The van der Waals surface area contributed by atoms with Gasteiger partial charge in [0, 0.05) is 0 Å². The van der Waals surface area contributed by atoms with Crippen molar-refractivity contribution in [1.29, 1.82) is 0 Å². The first-order valence-corrected chi connectivity index (χ1v) is 4.65. The Labute approximate surface area is 89.0 Å². The molecule has 0 saturated carbocycles. The number of aliphatic hydroxyl groups is 1. The van der Waals surface area contributed by atoms with E-state index in [-0.39, 0.29) is 5.76 Å². The van der Waals surface area contributed by atoms with Crippen molar-refractivity contribution >= 4 is 6.29 Å². The summed E-state index contributed by atoms with van der Waals surface area (Å²) < 4.78 is 5.45. The molecule has 0 aromatic heterocycles. The lowest BCUT2D eigenvalue weighted by molar-refractivity contribution is 0.111. The minimum absolute atomic E-state index is 0.0601. The second-order valence-corrected chi connectivity index (χ2v) is 3.36. The Hall–Kier alpha value is -1.77. The molecule has 0 saturated heterocycles. The average Bonchev–Trinajstić information content (AvgIpc) is 2.20. The summed E-state index contributed by atoms with van der Waals surface area (Å²) in [5.41, 5.74) is 1.33. The fourth-order valence-corrected chi connectivity index (χ4v) is 1.17. The number of aliphatic hydroxyl groups excluding tert-OH is 1. The Morgan fingerprint density at radius 3 is 2.80 bits per heavy atom. The predicted molar refractivity (Wildman–Crippen MR) is 58.4 cm³/mol. The van der Waals surface area contributed by atoms with Crippen molar-refractivity contribution in [3.63, 3.8) is 0 Å². The van der Waals surface area contributed by atoms with Crippen molar-refractivity contribution in [2.24, 2.45) is 0 Å².